The smallest absolute Gasteiger partial charge is 0.276 e. The van der Waals surface area contributed by atoms with E-state index in [4.69, 9.17) is 4.74 Å². The maximum Gasteiger partial charge on any atom is 0.276 e. The van der Waals surface area contributed by atoms with Gasteiger partial charge in [0.1, 0.15) is 12.3 Å². The number of benzene rings is 2. The van der Waals surface area contributed by atoms with E-state index in [1.54, 1.807) is 15.6 Å². The number of anilines is 1. The molecule has 5 heteroatoms. The van der Waals surface area contributed by atoms with Crippen molar-refractivity contribution in [2.24, 2.45) is 0 Å². The largest absolute Gasteiger partial charge is 0.472 e. The first-order valence-electron chi connectivity index (χ1n) is 8.75. The summed E-state index contributed by atoms with van der Waals surface area (Å²) in [7, 11) is 0. The van der Waals surface area contributed by atoms with E-state index >= 15 is 0 Å². The van der Waals surface area contributed by atoms with Crippen molar-refractivity contribution < 1.29 is 9.53 Å². The number of aromatic nitrogens is 2. The van der Waals surface area contributed by atoms with Crippen LogP contribution in [0.15, 0.2) is 54.6 Å². The number of amides is 1. The second-order valence-corrected chi connectivity index (χ2v) is 6.66. The summed E-state index contributed by atoms with van der Waals surface area (Å²) in [6, 6.07) is 17.9. The van der Waals surface area contributed by atoms with Crippen molar-refractivity contribution in [1.29, 1.82) is 0 Å². The number of nitrogens with zero attached hydrogens (tertiary/aromatic N) is 3. The van der Waals surface area contributed by atoms with Gasteiger partial charge < -0.3 is 9.64 Å². The Bertz CT molecular complexity index is 944. The number of carbonyl (C=O) groups is 1. The van der Waals surface area contributed by atoms with Crippen molar-refractivity contribution in [1.82, 2.24) is 9.78 Å². The van der Waals surface area contributed by atoms with Gasteiger partial charge >= 0.3 is 0 Å². The van der Waals surface area contributed by atoms with Crippen LogP contribution in [-0.4, -0.2) is 22.2 Å². The first-order valence-corrected chi connectivity index (χ1v) is 8.75. The zero-order valence-electron chi connectivity index (χ0n) is 15.0. The van der Waals surface area contributed by atoms with Crippen LogP contribution in [0.4, 0.5) is 5.69 Å². The van der Waals surface area contributed by atoms with Crippen LogP contribution in [0, 0.1) is 13.8 Å². The summed E-state index contributed by atoms with van der Waals surface area (Å²) < 4.78 is 7.54. The lowest BCUT2D eigenvalue weighted by Gasteiger charge is -2.27. The van der Waals surface area contributed by atoms with Gasteiger partial charge in [-0.1, -0.05) is 47.5 Å². The molecule has 0 spiro atoms. The fraction of sp³-hybridized carbons (Fsp3) is 0.238. The Hall–Kier alpha value is -3.08. The summed E-state index contributed by atoms with van der Waals surface area (Å²) >= 11 is 0. The highest BCUT2D eigenvalue weighted by Gasteiger charge is 2.27. The van der Waals surface area contributed by atoms with E-state index in [1.165, 1.54) is 11.1 Å². The van der Waals surface area contributed by atoms with Crippen molar-refractivity contribution in [3.63, 3.8) is 0 Å². The Morgan fingerprint density at radius 2 is 1.81 bits per heavy atom. The molecule has 1 amide bonds. The minimum Gasteiger partial charge on any atom is -0.472 e. The van der Waals surface area contributed by atoms with Crippen LogP contribution in [-0.2, 0) is 13.2 Å². The van der Waals surface area contributed by atoms with Crippen molar-refractivity contribution in [3.05, 3.63) is 77.0 Å². The van der Waals surface area contributed by atoms with Gasteiger partial charge in [0.05, 0.1) is 6.54 Å². The van der Waals surface area contributed by atoms with Gasteiger partial charge in [0.15, 0.2) is 0 Å². The van der Waals surface area contributed by atoms with E-state index < -0.39 is 0 Å². The van der Waals surface area contributed by atoms with E-state index in [-0.39, 0.29) is 5.91 Å². The molecule has 0 saturated carbocycles. The van der Waals surface area contributed by atoms with Gasteiger partial charge in [-0.2, -0.15) is 0 Å². The molecule has 0 unspecified atom stereocenters. The first kappa shape index (κ1) is 16.4. The summed E-state index contributed by atoms with van der Waals surface area (Å²) in [5.41, 5.74) is 4.93. The minimum atomic E-state index is -0.0435. The highest BCUT2D eigenvalue weighted by Crippen LogP contribution is 2.24. The van der Waals surface area contributed by atoms with Crippen LogP contribution in [0.25, 0.3) is 0 Å². The van der Waals surface area contributed by atoms with Gasteiger partial charge in [-0.05, 0) is 31.5 Å². The van der Waals surface area contributed by atoms with Crippen molar-refractivity contribution in [2.45, 2.75) is 27.0 Å². The fourth-order valence-corrected chi connectivity index (χ4v) is 3.17. The number of fused-ring (bicyclic) bond motifs is 1. The number of hydrogen-bond donors (Lipinski definition) is 0. The van der Waals surface area contributed by atoms with E-state index in [2.05, 4.69) is 24.2 Å². The lowest BCUT2D eigenvalue weighted by molar-refractivity contribution is 0.0962. The Morgan fingerprint density at radius 1 is 1.00 bits per heavy atom. The Labute approximate surface area is 152 Å². The van der Waals surface area contributed by atoms with Crippen LogP contribution < -0.4 is 9.64 Å². The van der Waals surface area contributed by atoms with Crippen LogP contribution in [0.1, 0.15) is 27.2 Å². The van der Waals surface area contributed by atoms with Crippen LogP contribution >= 0.6 is 0 Å². The van der Waals surface area contributed by atoms with Gasteiger partial charge in [-0.15, -0.1) is 5.10 Å². The molecule has 4 rings (SSSR count). The molecule has 1 aromatic heterocycles. The molecule has 1 aliphatic rings. The second kappa shape index (κ2) is 6.67. The average molecular weight is 347 g/mol. The molecule has 5 nitrogen and oxygen atoms in total. The lowest BCUT2D eigenvalue weighted by Crippen LogP contribution is -2.40. The van der Waals surface area contributed by atoms with Crippen LogP contribution in [0.2, 0.25) is 0 Å². The van der Waals surface area contributed by atoms with Crippen molar-refractivity contribution in [2.75, 3.05) is 11.4 Å². The number of rotatable bonds is 4. The molecule has 0 atom stereocenters. The summed E-state index contributed by atoms with van der Waals surface area (Å²) in [4.78, 5) is 14.6. The Morgan fingerprint density at radius 3 is 2.58 bits per heavy atom. The fourth-order valence-electron chi connectivity index (χ4n) is 3.17. The average Bonchev–Trinajstić information content (AvgIpc) is 3.06. The number of carbonyl (C=O) groups excluding carboxylic acids is 1. The summed E-state index contributed by atoms with van der Waals surface area (Å²) in [5.74, 6) is 0.443. The number of aryl methyl sites for hydroxylation is 2. The van der Waals surface area contributed by atoms with Gasteiger partial charge in [0.2, 0.25) is 5.88 Å². The standard InChI is InChI=1S/C21H21N3O2/c1-15-6-8-18(9-7-15)23-10-11-24-19(21(23)25)13-20(22-24)26-14-17-5-3-4-16(2)12-17/h3-9,12-13H,10-11,14H2,1-2H3. The quantitative estimate of drug-likeness (QED) is 0.722. The Balaban J connectivity index is 1.51. The SMILES string of the molecule is Cc1ccc(N2CCn3nc(OCc4cccc(C)c4)cc3C2=O)cc1. The van der Waals surface area contributed by atoms with E-state index in [0.29, 0.717) is 31.3 Å². The summed E-state index contributed by atoms with van der Waals surface area (Å²) in [5, 5.41) is 4.43. The molecule has 2 heterocycles. The molecular weight excluding hydrogens is 326 g/mol. The van der Waals surface area contributed by atoms with Gasteiger partial charge in [0, 0.05) is 18.3 Å². The normalized spacial score (nSPS) is 13.6. The number of ether oxygens (including phenoxy) is 1. The predicted molar refractivity (Wildman–Crippen MR) is 101 cm³/mol. The van der Waals surface area contributed by atoms with Crippen LogP contribution in [0.3, 0.4) is 0 Å². The van der Waals surface area contributed by atoms with Gasteiger partial charge in [0.25, 0.3) is 5.91 Å². The highest BCUT2D eigenvalue weighted by molar-refractivity contribution is 6.05. The van der Waals surface area contributed by atoms with E-state index in [0.717, 1.165) is 11.3 Å². The molecule has 3 aromatic rings. The third kappa shape index (κ3) is 3.20. The predicted octanol–water partition coefficient (Wildman–Crippen LogP) is 3.74. The zero-order valence-corrected chi connectivity index (χ0v) is 15.0. The molecule has 2 aromatic carbocycles. The molecule has 132 valence electrons. The second-order valence-electron chi connectivity index (χ2n) is 6.66. The van der Waals surface area contributed by atoms with Gasteiger partial charge in [-0.3, -0.25) is 9.48 Å². The van der Waals surface area contributed by atoms with Crippen LogP contribution in [0.5, 0.6) is 5.88 Å². The van der Waals surface area contributed by atoms with Crippen molar-refractivity contribution >= 4 is 11.6 Å². The molecule has 0 fully saturated rings. The maximum atomic E-state index is 12.8. The number of hydrogen-bond acceptors (Lipinski definition) is 3. The third-order valence-electron chi connectivity index (χ3n) is 4.57. The summed E-state index contributed by atoms with van der Waals surface area (Å²) in [6.45, 7) is 5.79. The monoisotopic (exact) mass is 347 g/mol. The van der Waals surface area contributed by atoms with E-state index in [9.17, 15) is 4.79 Å². The molecule has 26 heavy (non-hydrogen) atoms. The molecule has 1 aliphatic heterocycles. The first-order chi connectivity index (χ1) is 12.6. The minimum absolute atomic E-state index is 0.0435. The molecule has 0 aliphatic carbocycles. The molecule has 0 saturated heterocycles. The zero-order chi connectivity index (χ0) is 18.1. The van der Waals surface area contributed by atoms with Crippen molar-refractivity contribution in [3.8, 4) is 5.88 Å². The summed E-state index contributed by atoms with van der Waals surface area (Å²) in [6.07, 6.45) is 0. The van der Waals surface area contributed by atoms with E-state index in [1.807, 2.05) is 43.3 Å². The lowest BCUT2D eigenvalue weighted by atomic mass is 10.1. The Kier molecular flexibility index (Phi) is 4.21. The maximum absolute atomic E-state index is 12.8. The van der Waals surface area contributed by atoms with Gasteiger partial charge in [-0.25, -0.2) is 0 Å². The topological polar surface area (TPSA) is 47.4 Å². The molecule has 0 N–H and O–H groups in total. The highest BCUT2D eigenvalue weighted by atomic mass is 16.5. The molecular formula is C21H21N3O2. The third-order valence-corrected chi connectivity index (χ3v) is 4.57. The molecule has 0 radical (unpaired) electrons. The molecule has 0 bridgehead atoms.